The maximum Gasteiger partial charge on any atom is 0.137 e. The molecule has 2 N–H and O–H groups in total. The molecule has 1 atom stereocenters. The third-order valence-corrected chi connectivity index (χ3v) is 4.11. The van der Waals surface area contributed by atoms with Crippen LogP contribution >= 0.6 is 27.7 Å². The molecule has 4 heteroatoms. The average molecular weight is 326 g/mol. The summed E-state index contributed by atoms with van der Waals surface area (Å²) < 4.78 is 14.9. The number of halogens is 2. The highest BCUT2D eigenvalue weighted by molar-refractivity contribution is 9.10. The van der Waals surface area contributed by atoms with E-state index in [1.54, 1.807) is 6.07 Å². The van der Waals surface area contributed by atoms with Crippen molar-refractivity contribution in [2.75, 3.05) is 0 Å². The average Bonchev–Trinajstić information content (AvgIpc) is 2.34. The van der Waals surface area contributed by atoms with Gasteiger partial charge in [0.15, 0.2) is 0 Å². The summed E-state index contributed by atoms with van der Waals surface area (Å²) in [5, 5.41) is 0. The molecule has 0 saturated heterocycles. The van der Waals surface area contributed by atoms with Gasteiger partial charge in [-0.3, -0.25) is 0 Å². The minimum Gasteiger partial charge on any atom is -0.324 e. The predicted octanol–water partition coefficient (Wildman–Crippen LogP) is 4.76. The summed E-state index contributed by atoms with van der Waals surface area (Å²) in [6.07, 6.45) is 0. The van der Waals surface area contributed by atoms with E-state index in [4.69, 9.17) is 5.73 Å². The summed E-state index contributed by atoms with van der Waals surface area (Å²) in [7, 11) is 0. The molecule has 0 unspecified atom stereocenters. The number of rotatable bonds is 3. The van der Waals surface area contributed by atoms with Crippen LogP contribution < -0.4 is 5.73 Å². The van der Waals surface area contributed by atoms with Gasteiger partial charge in [0.05, 0.1) is 0 Å². The fourth-order valence-electron chi connectivity index (χ4n) is 1.51. The van der Waals surface area contributed by atoms with Crippen LogP contribution in [0.4, 0.5) is 4.39 Å². The lowest BCUT2D eigenvalue weighted by molar-refractivity contribution is 0.596. The zero-order chi connectivity index (χ0) is 13.1. The van der Waals surface area contributed by atoms with E-state index in [0.29, 0.717) is 4.90 Å². The normalized spacial score (nSPS) is 12.4. The lowest BCUT2D eigenvalue weighted by Crippen LogP contribution is -2.05. The molecule has 0 aliphatic carbocycles. The second-order valence-corrected chi connectivity index (χ2v) is 6.07. The molecule has 0 amide bonds. The fourth-order valence-corrected chi connectivity index (χ4v) is 2.60. The van der Waals surface area contributed by atoms with E-state index in [2.05, 4.69) is 15.9 Å². The Labute approximate surface area is 119 Å². The molecule has 0 aromatic heterocycles. The van der Waals surface area contributed by atoms with Crippen molar-refractivity contribution in [3.63, 3.8) is 0 Å². The fraction of sp³-hybridized carbons (Fsp3) is 0.143. The Kier molecular flexibility index (Phi) is 4.43. The van der Waals surface area contributed by atoms with Gasteiger partial charge in [0.25, 0.3) is 0 Å². The molecule has 94 valence electrons. The van der Waals surface area contributed by atoms with Crippen LogP contribution in [0.1, 0.15) is 18.5 Å². The Hall–Kier alpha value is -0.840. The number of benzene rings is 2. The molecule has 2 aromatic carbocycles. The van der Waals surface area contributed by atoms with Gasteiger partial charge in [0.1, 0.15) is 5.82 Å². The molecule has 0 bridgehead atoms. The minimum absolute atomic E-state index is 0.147. The molecule has 0 heterocycles. The maximum atomic E-state index is 13.9. The summed E-state index contributed by atoms with van der Waals surface area (Å²) in [6.45, 7) is 1.84. The minimum atomic E-state index is -0.224. The van der Waals surface area contributed by atoms with Gasteiger partial charge in [-0.1, -0.05) is 33.8 Å². The van der Waals surface area contributed by atoms with Crippen LogP contribution in [0.15, 0.2) is 56.7 Å². The van der Waals surface area contributed by atoms with E-state index in [-0.39, 0.29) is 11.9 Å². The lowest BCUT2D eigenvalue weighted by atomic mass is 10.1. The van der Waals surface area contributed by atoms with E-state index in [1.807, 2.05) is 37.3 Å². The molecule has 2 rings (SSSR count). The third-order valence-electron chi connectivity index (χ3n) is 2.52. The Balaban J connectivity index is 2.22. The topological polar surface area (TPSA) is 26.0 Å². The predicted molar refractivity (Wildman–Crippen MR) is 77.3 cm³/mol. The van der Waals surface area contributed by atoms with Crippen LogP contribution in [0.2, 0.25) is 0 Å². The smallest absolute Gasteiger partial charge is 0.137 e. The van der Waals surface area contributed by atoms with Gasteiger partial charge in [0, 0.05) is 20.3 Å². The molecule has 0 fully saturated rings. The first kappa shape index (κ1) is 13.6. The lowest BCUT2D eigenvalue weighted by Gasteiger charge is -2.08. The first-order valence-electron chi connectivity index (χ1n) is 5.54. The summed E-state index contributed by atoms with van der Waals surface area (Å²) >= 11 is 4.78. The van der Waals surface area contributed by atoms with Gasteiger partial charge < -0.3 is 5.73 Å². The van der Waals surface area contributed by atoms with Gasteiger partial charge >= 0.3 is 0 Å². The van der Waals surface area contributed by atoms with Gasteiger partial charge in [-0.05, 0) is 48.9 Å². The summed E-state index contributed by atoms with van der Waals surface area (Å²) in [5.41, 5.74) is 6.54. The van der Waals surface area contributed by atoms with Crippen molar-refractivity contribution in [3.05, 3.63) is 58.3 Å². The second kappa shape index (κ2) is 5.87. The van der Waals surface area contributed by atoms with Crippen molar-refractivity contribution in [3.8, 4) is 0 Å². The zero-order valence-corrected chi connectivity index (χ0v) is 12.3. The Morgan fingerprint density at radius 3 is 2.39 bits per heavy atom. The molecule has 0 aliphatic rings. The SMILES string of the molecule is C[C@@H](N)c1ccc(Sc2ccc(Br)cc2)c(F)c1. The monoisotopic (exact) mass is 325 g/mol. The second-order valence-electron chi connectivity index (χ2n) is 4.03. The summed E-state index contributed by atoms with van der Waals surface area (Å²) in [5.74, 6) is -0.224. The number of hydrogen-bond acceptors (Lipinski definition) is 2. The molecule has 18 heavy (non-hydrogen) atoms. The Morgan fingerprint density at radius 2 is 1.83 bits per heavy atom. The Morgan fingerprint density at radius 1 is 1.17 bits per heavy atom. The molecule has 0 radical (unpaired) electrons. The molecule has 1 nitrogen and oxygen atoms in total. The van der Waals surface area contributed by atoms with E-state index >= 15 is 0 Å². The van der Waals surface area contributed by atoms with Crippen molar-refractivity contribution in [1.82, 2.24) is 0 Å². The summed E-state index contributed by atoms with van der Waals surface area (Å²) in [4.78, 5) is 1.62. The first-order valence-corrected chi connectivity index (χ1v) is 7.15. The molecule has 0 spiro atoms. The molecular weight excluding hydrogens is 313 g/mol. The van der Waals surface area contributed by atoms with E-state index < -0.39 is 0 Å². The first-order chi connectivity index (χ1) is 8.56. The summed E-state index contributed by atoms with van der Waals surface area (Å²) in [6, 6.07) is 12.8. The highest BCUT2D eigenvalue weighted by Gasteiger charge is 2.07. The highest BCUT2D eigenvalue weighted by atomic mass is 79.9. The largest absolute Gasteiger partial charge is 0.324 e. The van der Waals surface area contributed by atoms with Gasteiger partial charge in [-0.15, -0.1) is 0 Å². The number of hydrogen-bond donors (Lipinski definition) is 1. The van der Waals surface area contributed by atoms with Crippen LogP contribution in [0.25, 0.3) is 0 Å². The molecule has 2 aromatic rings. The van der Waals surface area contributed by atoms with Crippen molar-refractivity contribution < 1.29 is 4.39 Å². The number of nitrogens with two attached hydrogens (primary N) is 1. The van der Waals surface area contributed by atoms with Gasteiger partial charge in [-0.2, -0.15) is 0 Å². The molecular formula is C14H13BrFNS. The third kappa shape index (κ3) is 3.34. The van der Waals surface area contributed by atoms with E-state index in [0.717, 1.165) is 14.9 Å². The highest BCUT2D eigenvalue weighted by Crippen LogP contribution is 2.31. The van der Waals surface area contributed by atoms with Crippen LogP contribution in [0, 0.1) is 5.82 Å². The van der Waals surface area contributed by atoms with Gasteiger partial charge in [-0.25, -0.2) is 4.39 Å². The maximum absolute atomic E-state index is 13.9. The van der Waals surface area contributed by atoms with Crippen LogP contribution in [-0.2, 0) is 0 Å². The van der Waals surface area contributed by atoms with Crippen molar-refractivity contribution in [2.45, 2.75) is 22.8 Å². The van der Waals surface area contributed by atoms with Crippen LogP contribution in [-0.4, -0.2) is 0 Å². The standard InChI is InChI=1S/C14H13BrFNS/c1-9(17)10-2-7-14(13(16)8-10)18-12-5-3-11(15)4-6-12/h2-9H,17H2,1H3/t9-/m1/s1. The van der Waals surface area contributed by atoms with E-state index in [1.165, 1.54) is 17.8 Å². The van der Waals surface area contributed by atoms with Gasteiger partial charge in [0.2, 0.25) is 0 Å². The van der Waals surface area contributed by atoms with Crippen molar-refractivity contribution in [1.29, 1.82) is 0 Å². The van der Waals surface area contributed by atoms with Crippen molar-refractivity contribution >= 4 is 27.7 Å². The molecule has 0 aliphatic heterocycles. The Bertz CT molecular complexity index is 540. The van der Waals surface area contributed by atoms with Crippen LogP contribution in [0.3, 0.4) is 0 Å². The quantitative estimate of drug-likeness (QED) is 0.880. The molecule has 0 saturated carbocycles. The zero-order valence-electron chi connectivity index (χ0n) is 9.86. The van der Waals surface area contributed by atoms with Crippen LogP contribution in [0.5, 0.6) is 0 Å². The van der Waals surface area contributed by atoms with Crippen molar-refractivity contribution in [2.24, 2.45) is 5.73 Å². The van der Waals surface area contributed by atoms with E-state index in [9.17, 15) is 4.39 Å².